The summed E-state index contributed by atoms with van der Waals surface area (Å²) in [4.78, 5) is 15.6. The molecule has 2 heterocycles. The van der Waals surface area contributed by atoms with Crippen LogP contribution in [0.2, 0.25) is 5.02 Å². The van der Waals surface area contributed by atoms with Gasteiger partial charge in [0, 0.05) is 34.1 Å². The summed E-state index contributed by atoms with van der Waals surface area (Å²) in [5.41, 5.74) is 2.71. The van der Waals surface area contributed by atoms with Crippen molar-refractivity contribution in [3.8, 4) is 5.75 Å². The van der Waals surface area contributed by atoms with Crippen molar-refractivity contribution < 1.29 is 13.9 Å². The number of halogens is 1. The first-order valence-electron chi connectivity index (χ1n) is 8.26. The Balaban J connectivity index is 1.46. The number of para-hydroxylation sites is 1. The zero-order chi connectivity index (χ0) is 18.1. The molecule has 0 unspecified atom stereocenters. The van der Waals surface area contributed by atoms with Crippen molar-refractivity contribution in [1.82, 2.24) is 10.3 Å². The fourth-order valence-electron chi connectivity index (χ4n) is 3.06. The highest BCUT2D eigenvalue weighted by Crippen LogP contribution is 2.28. The molecule has 2 aromatic heterocycles. The maximum Gasteiger partial charge on any atom is 0.287 e. The molecule has 0 aliphatic carbocycles. The number of nitrogens with one attached hydrogen (secondary N) is 2. The number of aromatic amines is 1. The molecule has 4 aromatic rings. The molecular formula is C20H17ClN2O3. The molecule has 0 radical (unpaired) electrons. The van der Waals surface area contributed by atoms with Crippen LogP contribution in [0.4, 0.5) is 0 Å². The van der Waals surface area contributed by atoms with Crippen LogP contribution in [0.15, 0.2) is 53.1 Å². The summed E-state index contributed by atoms with van der Waals surface area (Å²) in [6.45, 7) is 0.493. The van der Waals surface area contributed by atoms with Gasteiger partial charge >= 0.3 is 0 Å². The molecule has 5 nitrogen and oxygen atoms in total. The van der Waals surface area contributed by atoms with Gasteiger partial charge in [0.15, 0.2) is 17.1 Å². The molecule has 0 saturated carbocycles. The van der Waals surface area contributed by atoms with E-state index in [-0.39, 0.29) is 11.7 Å². The Kier molecular flexibility index (Phi) is 4.31. The van der Waals surface area contributed by atoms with Gasteiger partial charge in [0.1, 0.15) is 0 Å². The van der Waals surface area contributed by atoms with E-state index in [4.69, 9.17) is 20.8 Å². The summed E-state index contributed by atoms with van der Waals surface area (Å²) in [7, 11) is 1.57. The number of ether oxygens (including phenoxy) is 1. The Morgan fingerprint density at radius 2 is 2.15 bits per heavy atom. The van der Waals surface area contributed by atoms with Gasteiger partial charge in [-0.3, -0.25) is 4.79 Å². The van der Waals surface area contributed by atoms with Gasteiger partial charge in [-0.15, -0.1) is 0 Å². The Bertz CT molecular complexity index is 1100. The molecule has 6 heteroatoms. The predicted octanol–water partition coefficient (Wildman–Crippen LogP) is 4.55. The third-order valence-corrected chi connectivity index (χ3v) is 4.60. The Labute approximate surface area is 154 Å². The summed E-state index contributed by atoms with van der Waals surface area (Å²) >= 11 is 6.07. The van der Waals surface area contributed by atoms with Crippen LogP contribution in [0.5, 0.6) is 5.75 Å². The number of amides is 1. The van der Waals surface area contributed by atoms with Crippen LogP contribution in [-0.2, 0) is 6.42 Å². The van der Waals surface area contributed by atoms with Crippen LogP contribution >= 0.6 is 11.6 Å². The second-order valence-corrected chi connectivity index (χ2v) is 6.44. The Morgan fingerprint density at radius 1 is 1.27 bits per heavy atom. The van der Waals surface area contributed by atoms with E-state index < -0.39 is 0 Å². The number of rotatable bonds is 5. The minimum atomic E-state index is -0.249. The average molecular weight is 369 g/mol. The van der Waals surface area contributed by atoms with Gasteiger partial charge in [0.25, 0.3) is 5.91 Å². The second kappa shape index (κ2) is 6.77. The van der Waals surface area contributed by atoms with E-state index >= 15 is 0 Å². The van der Waals surface area contributed by atoms with Gasteiger partial charge < -0.3 is 19.5 Å². The minimum Gasteiger partial charge on any atom is -0.493 e. The number of carbonyl (C=O) groups is 1. The van der Waals surface area contributed by atoms with Crippen molar-refractivity contribution in [2.45, 2.75) is 6.42 Å². The topological polar surface area (TPSA) is 67.3 Å². The van der Waals surface area contributed by atoms with Gasteiger partial charge in [0.2, 0.25) is 0 Å². The summed E-state index contributed by atoms with van der Waals surface area (Å²) < 4.78 is 10.9. The van der Waals surface area contributed by atoms with E-state index in [0.717, 1.165) is 21.9 Å². The van der Waals surface area contributed by atoms with Crippen molar-refractivity contribution in [3.63, 3.8) is 0 Å². The third kappa shape index (κ3) is 3.02. The van der Waals surface area contributed by atoms with Crippen molar-refractivity contribution in [1.29, 1.82) is 0 Å². The first-order chi connectivity index (χ1) is 12.7. The first-order valence-corrected chi connectivity index (χ1v) is 8.64. The monoisotopic (exact) mass is 368 g/mol. The third-order valence-electron chi connectivity index (χ3n) is 4.36. The molecule has 1 amide bonds. The summed E-state index contributed by atoms with van der Waals surface area (Å²) in [6.07, 6.45) is 2.63. The van der Waals surface area contributed by atoms with E-state index in [0.29, 0.717) is 29.3 Å². The Hall–Kier alpha value is -2.92. The number of methoxy groups -OCH3 is 1. The standard InChI is InChI=1S/C20H17ClN2O3/c1-25-17-4-2-3-12-9-18(26-19(12)17)20(24)22-8-7-13-11-23-16-6-5-14(21)10-15(13)16/h2-6,9-11,23H,7-8H2,1H3,(H,22,24). The number of benzene rings is 2. The van der Waals surface area contributed by atoms with Gasteiger partial charge in [0.05, 0.1) is 7.11 Å². The van der Waals surface area contributed by atoms with E-state index in [1.54, 1.807) is 19.2 Å². The average Bonchev–Trinajstić information content (AvgIpc) is 3.25. The van der Waals surface area contributed by atoms with Crippen LogP contribution in [0.25, 0.3) is 21.9 Å². The number of hydrogen-bond acceptors (Lipinski definition) is 3. The van der Waals surface area contributed by atoms with Crippen molar-refractivity contribution >= 4 is 39.4 Å². The molecule has 0 aliphatic heterocycles. The SMILES string of the molecule is COc1cccc2cc(C(=O)NCCc3c[nH]c4ccc(Cl)cc34)oc12. The highest BCUT2D eigenvalue weighted by Gasteiger charge is 2.14. The van der Waals surface area contributed by atoms with Gasteiger partial charge in [-0.25, -0.2) is 0 Å². The normalized spacial score (nSPS) is 11.2. The molecule has 0 aliphatic rings. The molecule has 4 rings (SSSR count). The van der Waals surface area contributed by atoms with Crippen molar-refractivity contribution in [3.05, 3.63) is 65.0 Å². The second-order valence-electron chi connectivity index (χ2n) is 6.00. The van der Waals surface area contributed by atoms with E-state index in [1.807, 2.05) is 36.5 Å². The Morgan fingerprint density at radius 3 is 3.00 bits per heavy atom. The number of H-pyrrole nitrogens is 1. The minimum absolute atomic E-state index is 0.249. The van der Waals surface area contributed by atoms with Gasteiger partial charge in [-0.05, 0) is 42.3 Å². The van der Waals surface area contributed by atoms with E-state index in [9.17, 15) is 4.79 Å². The molecule has 0 saturated heterocycles. The molecular weight excluding hydrogens is 352 g/mol. The zero-order valence-corrected chi connectivity index (χ0v) is 14.9. The summed E-state index contributed by atoms with van der Waals surface area (Å²) in [6, 6.07) is 13.0. The zero-order valence-electron chi connectivity index (χ0n) is 14.1. The van der Waals surface area contributed by atoms with Crippen LogP contribution in [0, 0.1) is 0 Å². The fourth-order valence-corrected chi connectivity index (χ4v) is 3.24. The van der Waals surface area contributed by atoms with Gasteiger partial charge in [-0.2, -0.15) is 0 Å². The van der Waals surface area contributed by atoms with Crippen LogP contribution in [-0.4, -0.2) is 24.5 Å². The molecule has 2 aromatic carbocycles. The highest BCUT2D eigenvalue weighted by atomic mass is 35.5. The summed E-state index contributed by atoms with van der Waals surface area (Å²) in [5, 5.41) is 5.49. The van der Waals surface area contributed by atoms with Gasteiger partial charge in [-0.1, -0.05) is 23.7 Å². The smallest absolute Gasteiger partial charge is 0.287 e. The number of aromatic nitrogens is 1. The summed E-state index contributed by atoms with van der Waals surface area (Å²) in [5.74, 6) is 0.629. The van der Waals surface area contributed by atoms with Crippen LogP contribution in [0.1, 0.15) is 16.1 Å². The molecule has 132 valence electrons. The van der Waals surface area contributed by atoms with E-state index in [2.05, 4.69) is 10.3 Å². The molecule has 0 atom stereocenters. The maximum absolute atomic E-state index is 12.4. The van der Waals surface area contributed by atoms with Crippen molar-refractivity contribution in [2.75, 3.05) is 13.7 Å². The van der Waals surface area contributed by atoms with Crippen molar-refractivity contribution in [2.24, 2.45) is 0 Å². The lowest BCUT2D eigenvalue weighted by atomic mass is 10.1. The quantitative estimate of drug-likeness (QED) is 0.543. The lowest BCUT2D eigenvalue weighted by Crippen LogP contribution is -2.25. The number of carbonyl (C=O) groups excluding carboxylic acids is 1. The van der Waals surface area contributed by atoms with Crippen LogP contribution < -0.4 is 10.1 Å². The maximum atomic E-state index is 12.4. The largest absolute Gasteiger partial charge is 0.493 e. The molecule has 26 heavy (non-hydrogen) atoms. The van der Waals surface area contributed by atoms with Crippen LogP contribution in [0.3, 0.4) is 0 Å². The van der Waals surface area contributed by atoms with E-state index in [1.165, 1.54) is 0 Å². The molecule has 0 bridgehead atoms. The predicted molar refractivity (Wildman–Crippen MR) is 102 cm³/mol. The lowest BCUT2D eigenvalue weighted by molar-refractivity contribution is 0.0928. The lowest BCUT2D eigenvalue weighted by Gasteiger charge is -2.03. The molecule has 2 N–H and O–H groups in total. The number of hydrogen-bond donors (Lipinski definition) is 2. The number of fused-ring (bicyclic) bond motifs is 2. The fraction of sp³-hybridized carbons (Fsp3) is 0.150. The highest BCUT2D eigenvalue weighted by molar-refractivity contribution is 6.31. The number of furan rings is 1. The molecule has 0 spiro atoms. The molecule has 0 fully saturated rings. The first kappa shape index (κ1) is 16.5.